The zero-order valence-electron chi connectivity index (χ0n) is 22.3. The maximum Gasteiger partial charge on any atom is 0.226 e. The fraction of sp³-hybridized carbons (Fsp3) is 0.600. The first-order valence-corrected chi connectivity index (χ1v) is 14.3. The molecular weight excluding hydrogens is 462 g/mol. The number of hydrogen-bond donors (Lipinski definition) is 1. The molecule has 37 heavy (non-hydrogen) atoms. The lowest BCUT2D eigenvalue weighted by Gasteiger charge is -2.41. The summed E-state index contributed by atoms with van der Waals surface area (Å²) in [6.45, 7) is 11.0. The first kappa shape index (κ1) is 24.7. The van der Waals surface area contributed by atoms with Crippen molar-refractivity contribution in [2.24, 2.45) is 11.0 Å². The number of amides is 1. The van der Waals surface area contributed by atoms with Gasteiger partial charge >= 0.3 is 0 Å². The Kier molecular flexibility index (Phi) is 6.84. The Morgan fingerprint density at radius 1 is 0.973 bits per heavy atom. The molecule has 4 aliphatic heterocycles. The maximum atomic E-state index is 12.7. The van der Waals surface area contributed by atoms with Gasteiger partial charge in [0.1, 0.15) is 0 Å². The highest BCUT2D eigenvalue weighted by molar-refractivity contribution is 5.80. The van der Waals surface area contributed by atoms with Crippen molar-refractivity contribution in [1.82, 2.24) is 19.7 Å². The van der Waals surface area contributed by atoms with Gasteiger partial charge in [-0.2, -0.15) is 5.10 Å². The highest BCUT2D eigenvalue weighted by atomic mass is 16.3. The van der Waals surface area contributed by atoms with E-state index in [1.807, 2.05) is 11.1 Å². The summed E-state index contributed by atoms with van der Waals surface area (Å²) in [6.07, 6.45) is 9.96. The van der Waals surface area contributed by atoms with Gasteiger partial charge in [-0.3, -0.25) is 9.80 Å². The van der Waals surface area contributed by atoms with Crippen molar-refractivity contribution in [2.75, 3.05) is 45.8 Å². The van der Waals surface area contributed by atoms with E-state index in [2.05, 4.69) is 70.2 Å². The van der Waals surface area contributed by atoms with Gasteiger partial charge in [-0.05, 0) is 75.3 Å². The summed E-state index contributed by atoms with van der Waals surface area (Å²) in [7, 11) is 0. The third kappa shape index (κ3) is 4.96. The van der Waals surface area contributed by atoms with Crippen LogP contribution >= 0.6 is 0 Å². The molecule has 198 valence electrons. The number of allylic oxidation sites excluding steroid dienone is 1. The fourth-order valence-electron chi connectivity index (χ4n) is 6.66. The molecule has 4 heterocycles. The molecule has 0 bridgehead atoms. The summed E-state index contributed by atoms with van der Waals surface area (Å²) < 4.78 is 0. The molecule has 7 nitrogen and oxygen atoms in total. The summed E-state index contributed by atoms with van der Waals surface area (Å²) in [5.74, 6) is 1.21. The predicted molar refractivity (Wildman–Crippen MR) is 146 cm³/mol. The van der Waals surface area contributed by atoms with Gasteiger partial charge < -0.3 is 19.8 Å². The number of aliphatic hydroxyl groups is 1. The Bertz CT molecular complexity index is 1080. The SMILES string of the molecule is CC(C)N1CCCC(c2ccc(C3C=C4C(N5CCN(C(=O)C6CC(O)C6)CC5)=CC=NN4C3)cc2)C1. The van der Waals surface area contributed by atoms with E-state index in [0.717, 1.165) is 32.7 Å². The zero-order chi connectivity index (χ0) is 25.5. The van der Waals surface area contributed by atoms with E-state index < -0.39 is 0 Å². The van der Waals surface area contributed by atoms with Crippen molar-refractivity contribution in [2.45, 2.75) is 63.5 Å². The van der Waals surface area contributed by atoms with Crippen LogP contribution in [-0.2, 0) is 4.79 Å². The van der Waals surface area contributed by atoms with E-state index in [0.29, 0.717) is 30.7 Å². The van der Waals surface area contributed by atoms with Crippen LogP contribution in [0.1, 0.15) is 62.5 Å². The molecule has 3 fully saturated rings. The number of piperazine rings is 1. The molecule has 2 saturated heterocycles. The van der Waals surface area contributed by atoms with Gasteiger partial charge in [0.15, 0.2) is 0 Å². The Balaban J connectivity index is 1.09. The number of benzene rings is 1. The Labute approximate surface area is 221 Å². The number of fused-ring (bicyclic) bond motifs is 1. The number of carbonyl (C=O) groups excluding carboxylic acids is 1. The van der Waals surface area contributed by atoms with Crippen molar-refractivity contribution in [3.63, 3.8) is 0 Å². The van der Waals surface area contributed by atoms with E-state index in [1.165, 1.54) is 48.5 Å². The molecule has 6 rings (SSSR count). The molecule has 1 saturated carbocycles. The Hall–Kier alpha value is -2.64. The number of aliphatic hydroxyl groups excluding tert-OH is 1. The van der Waals surface area contributed by atoms with E-state index in [-0.39, 0.29) is 17.9 Å². The van der Waals surface area contributed by atoms with Crippen LogP contribution < -0.4 is 0 Å². The first-order valence-electron chi connectivity index (χ1n) is 14.3. The quantitative estimate of drug-likeness (QED) is 0.668. The summed E-state index contributed by atoms with van der Waals surface area (Å²) in [5.41, 5.74) is 5.24. The molecule has 2 atom stereocenters. The minimum Gasteiger partial charge on any atom is -0.393 e. The van der Waals surface area contributed by atoms with Gasteiger partial charge in [0.25, 0.3) is 0 Å². The average molecular weight is 504 g/mol. The lowest BCUT2D eigenvalue weighted by molar-refractivity contribution is -0.143. The third-order valence-corrected chi connectivity index (χ3v) is 9.12. The van der Waals surface area contributed by atoms with Crippen molar-refractivity contribution in [1.29, 1.82) is 0 Å². The number of piperidine rings is 1. The number of hydrogen-bond acceptors (Lipinski definition) is 6. The van der Waals surface area contributed by atoms with Crippen LogP contribution in [0.15, 0.2) is 52.9 Å². The molecule has 1 N–H and O–H groups in total. The van der Waals surface area contributed by atoms with Gasteiger partial charge in [0, 0.05) is 56.8 Å². The van der Waals surface area contributed by atoms with Crippen molar-refractivity contribution in [3.8, 4) is 0 Å². The zero-order valence-corrected chi connectivity index (χ0v) is 22.3. The second kappa shape index (κ2) is 10.3. The van der Waals surface area contributed by atoms with E-state index in [4.69, 9.17) is 0 Å². The van der Waals surface area contributed by atoms with Crippen LogP contribution in [0.4, 0.5) is 0 Å². The van der Waals surface area contributed by atoms with Crippen LogP contribution in [0.3, 0.4) is 0 Å². The smallest absolute Gasteiger partial charge is 0.226 e. The number of likely N-dealkylation sites (tertiary alicyclic amines) is 1. The topological polar surface area (TPSA) is 62.6 Å². The Morgan fingerprint density at radius 3 is 2.41 bits per heavy atom. The minimum atomic E-state index is -0.283. The molecular formula is C30H41N5O2. The highest BCUT2D eigenvalue weighted by Gasteiger charge is 2.38. The van der Waals surface area contributed by atoms with Gasteiger partial charge in [-0.25, -0.2) is 0 Å². The largest absolute Gasteiger partial charge is 0.393 e. The molecule has 1 aliphatic carbocycles. The molecule has 0 radical (unpaired) electrons. The molecule has 7 heteroatoms. The second-order valence-electron chi connectivity index (χ2n) is 11.8. The normalized spacial score (nSPS) is 30.2. The summed E-state index contributed by atoms with van der Waals surface area (Å²) >= 11 is 0. The summed E-state index contributed by atoms with van der Waals surface area (Å²) in [5, 5.41) is 16.4. The average Bonchev–Trinajstić information content (AvgIpc) is 3.36. The number of hydrazone groups is 1. The highest BCUT2D eigenvalue weighted by Crippen LogP contribution is 2.37. The summed E-state index contributed by atoms with van der Waals surface area (Å²) in [4.78, 5) is 19.7. The molecule has 1 aromatic rings. The Morgan fingerprint density at radius 2 is 1.70 bits per heavy atom. The molecule has 2 unspecified atom stereocenters. The van der Waals surface area contributed by atoms with Crippen LogP contribution in [0.25, 0.3) is 0 Å². The molecule has 5 aliphatic rings. The van der Waals surface area contributed by atoms with Crippen molar-refractivity contribution in [3.05, 3.63) is 58.9 Å². The summed E-state index contributed by atoms with van der Waals surface area (Å²) in [6, 6.07) is 10.00. The number of nitrogens with zero attached hydrogens (tertiary/aromatic N) is 5. The van der Waals surface area contributed by atoms with Gasteiger partial charge in [0.2, 0.25) is 5.91 Å². The molecule has 1 aromatic carbocycles. The first-order chi connectivity index (χ1) is 18.0. The van der Waals surface area contributed by atoms with Crippen LogP contribution in [0, 0.1) is 5.92 Å². The standard InChI is InChI=1S/C30H41N5O2/c1-21(2)34-11-3-4-24(19-34)22-5-7-23(8-6-22)26-18-29-28(9-10-31-35(29)20-26)32-12-14-33(15-13-32)30(37)25-16-27(36)17-25/h5-10,18,21,24-27,36H,3-4,11-17,19-20H2,1-2H3. The van der Waals surface area contributed by atoms with E-state index in [9.17, 15) is 9.90 Å². The fourth-order valence-corrected chi connectivity index (χ4v) is 6.66. The van der Waals surface area contributed by atoms with Gasteiger partial charge in [-0.15, -0.1) is 0 Å². The van der Waals surface area contributed by atoms with E-state index >= 15 is 0 Å². The van der Waals surface area contributed by atoms with Crippen LogP contribution in [0.2, 0.25) is 0 Å². The third-order valence-electron chi connectivity index (χ3n) is 9.12. The lowest BCUT2D eigenvalue weighted by atomic mass is 9.81. The second-order valence-corrected chi connectivity index (χ2v) is 11.8. The van der Waals surface area contributed by atoms with Crippen molar-refractivity contribution >= 4 is 12.1 Å². The minimum absolute atomic E-state index is 0.0232. The number of rotatable bonds is 5. The number of carbonyl (C=O) groups is 1. The monoisotopic (exact) mass is 503 g/mol. The van der Waals surface area contributed by atoms with Crippen LogP contribution in [-0.4, -0.2) is 94.9 Å². The predicted octanol–water partition coefficient (Wildman–Crippen LogP) is 3.36. The van der Waals surface area contributed by atoms with Gasteiger partial charge in [-0.1, -0.05) is 24.3 Å². The molecule has 0 spiro atoms. The van der Waals surface area contributed by atoms with E-state index in [1.54, 1.807) is 0 Å². The van der Waals surface area contributed by atoms with Gasteiger partial charge in [0.05, 0.1) is 24.0 Å². The van der Waals surface area contributed by atoms with Crippen molar-refractivity contribution < 1.29 is 9.90 Å². The molecule has 1 amide bonds. The maximum absolute atomic E-state index is 12.7. The lowest BCUT2D eigenvalue weighted by Crippen LogP contribution is -2.52. The molecule has 0 aromatic heterocycles. The van der Waals surface area contributed by atoms with Crippen LogP contribution in [0.5, 0.6) is 0 Å².